The fourth-order valence-corrected chi connectivity index (χ4v) is 3.30. The molecule has 0 saturated carbocycles. The molecule has 0 fully saturated rings. The van der Waals surface area contributed by atoms with Crippen molar-refractivity contribution in [2.24, 2.45) is 0 Å². The fraction of sp³-hybridized carbons (Fsp3) is 0.214. The number of hydrogen-bond acceptors (Lipinski definition) is 3. The molecule has 1 aliphatic rings. The standard InChI is InChI=1S/C14H12ClNOS/c15-13-6-5-12(18-13)14(17)11-7-9-3-1-2-4-10(9)8-16-11/h1-6,11,16H,7-8H2. The first-order valence-corrected chi connectivity index (χ1v) is 7.03. The van der Waals surface area contributed by atoms with Crippen molar-refractivity contribution in [3.05, 3.63) is 56.7 Å². The predicted octanol–water partition coefficient (Wildman–Crippen LogP) is 3.30. The second-order valence-electron chi connectivity index (χ2n) is 4.37. The monoisotopic (exact) mass is 277 g/mol. The molecular formula is C14H12ClNOS. The van der Waals surface area contributed by atoms with Crippen molar-refractivity contribution in [3.63, 3.8) is 0 Å². The summed E-state index contributed by atoms with van der Waals surface area (Å²) in [5.41, 5.74) is 2.54. The first-order valence-electron chi connectivity index (χ1n) is 5.84. The molecule has 1 unspecified atom stereocenters. The Kier molecular flexibility index (Phi) is 3.20. The Morgan fingerprint density at radius 3 is 2.72 bits per heavy atom. The van der Waals surface area contributed by atoms with E-state index in [4.69, 9.17) is 11.6 Å². The van der Waals surface area contributed by atoms with Crippen LogP contribution in [0.2, 0.25) is 4.34 Å². The highest BCUT2D eigenvalue weighted by Gasteiger charge is 2.25. The lowest BCUT2D eigenvalue weighted by atomic mass is 9.93. The van der Waals surface area contributed by atoms with Crippen molar-refractivity contribution in [1.29, 1.82) is 0 Å². The molecule has 2 aromatic rings. The molecule has 0 saturated heterocycles. The lowest BCUT2D eigenvalue weighted by Crippen LogP contribution is -2.41. The number of thiophene rings is 1. The molecule has 1 aromatic heterocycles. The average Bonchev–Trinajstić information content (AvgIpc) is 2.84. The van der Waals surface area contributed by atoms with E-state index in [-0.39, 0.29) is 11.8 Å². The van der Waals surface area contributed by atoms with Gasteiger partial charge in [-0.15, -0.1) is 11.3 Å². The predicted molar refractivity (Wildman–Crippen MR) is 74.4 cm³/mol. The van der Waals surface area contributed by atoms with Crippen LogP contribution in [0, 0.1) is 0 Å². The molecule has 0 radical (unpaired) electrons. The van der Waals surface area contributed by atoms with Gasteiger partial charge in [-0.25, -0.2) is 0 Å². The van der Waals surface area contributed by atoms with E-state index in [1.54, 1.807) is 12.1 Å². The van der Waals surface area contributed by atoms with Crippen LogP contribution in [0.4, 0.5) is 0 Å². The number of nitrogens with one attached hydrogen (secondary N) is 1. The third-order valence-corrected chi connectivity index (χ3v) is 4.46. The first-order chi connectivity index (χ1) is 8.74. The molecular weight excluding hydrogens is 266 g/mol. The Labute approximate surface area is 115 Å². The molecule has 2 nitrogen and oxygen atoms in total. The summed E-state index contributed by atoms with van der Waals surface area (Å²) in [6.45, 7) is 0.756. The van der Waals surface area contributed by atoms with Gasteiger partial charge in [-0.1, -0.05) is 35.9 Å². The van der Waals surface area contributed by atoms with Crippen molar-refractivity contribution in [2.75, 3.05) is 0 Å². The van der Waals surface area contributed by atoms with Gasteiger partial charge in [0.15, 0.2) is 5.78 Å². The summed E-state index contributed by atoms with van der Waals surface area (Å²) in [5, 5.41) is 3.30. The maximum absolute atomic E-state index is 12.3. The van der Waals surface area contributed by atoms with Gasteiger partial charge >= 0.3 is 0 Å². The molecule has 1 N–H and O–H groups in total. The molecule has 1 atom stereocenters. The van der Waals surface area contributed by atoms with Crippen molar-refractivity contribution in [2.45, 2.75) is 19.0 Å². The molecule has 0 amide bonds. The van der Waals surface area contributed by atoms with Crippen LogP contribution in [-0.2, 0) is 13.0 Å². The Balaban J connectivity index is 1.82. The number of carbonyl (C=O) groups excluding carboxylic acids is 1. The Morgan fingerprint density at radius 2 is 2.00 bits per heavy atom. The SMILES string of the molecule is O=C(c1ccc(Cl)s1)C1Cc2ccccc2CN1. The van der Waals surface area contributed by atoms with Gasteiger partial charge in [0.2, 0.25) is 0 Å². The largest absolute Gasteiger partial charge is 0.303 e. The molecule has 2 heterocycles. The maximum Gasteiger partial charge on any atom is 0.190 e. The zero-order chi connectivity index (χ0) is 12.5. The van der Waals surface area contributed by atoms with Gasteiger partial charge in [0, 0.05) is 6.54 Å². The fourth-order valence-electron chi connectivity index (χ4n) is 2.26. The number of ketones is 1. The van der Waals surface area contributed by atoms with Gasteiger partial charge in [-0.2, -0.15) is 0 Å². The van der Waals surface area contributed by atoms with E-state index >= 15 is 0 Å². The normalized spacial score (nSPS) is 18.4. The van der Waals surface area contributed by atoms with Crippen LogP contribution in [0.15, 0.2) is 36.4 Å². The molecule has 0 bridgehead atoms. The summed E-state index contributed by atoms with van der Waals surface area (Å²) in [6, 6.07) is 11.7. The van der Waals surface area contributed by atoms with E-state index in [1.807, 2.05) is 12.1 Å². The lowest BCUT2D eigenvalue weighted by molar-refractivity contribution is 0.0942. The minimum atomic E-state index is -0.130. The van der Waals surface area contributed by atoms with Gasteiger partial charge in [0.25, 0.3) is 0 Å². The van der Waals surface area contributed by atoms with Gasteiger partial charge in [0.1, 0.15) is 0 Å². The summed E-state index contributed by atoms with van der Waals surface area (Å²) in [4.78, 5) is 13.0. The third-order valence-electron chi connectivity index (χ3n) is 3.21. The molecule has 0 aliphatic carbocycles. The van der Waals surface area contributed by atoms with Gasteiger partial charge < -0.3 is 5.32 Å². The summed E-state index contributed by atoms with van der Waals surface area (Å²) in [7, 11) is 0. The minimum Gasteiger partial charge on any atom is -0.303 e. The average molecular weight is 278 g/mol. The van der Waals surface area contributed by atoms with Crippen LogP contribution in [0.5, 0.6) is 0 Å². The van der Waals surface area contributed by atoms with Crippen LogP contribution < -0.4 is 5.32 Å². The molecule has 4 heteroatoms. The molecule has 1 aliphatic heterocycles. The van der Waals surface area contributed by atoms with Crippen LogP contribution in [0.25, 0.3) is 0 Å². The lowest BCUT2D eigenvalue weighted by Gasteiger charge is -2.24. The smallest absolute Gasteiger partial charge is 0.190 e. The van der Waals surface area contributed by atoms with Crippen molar-refractivity contribution < 1.29 is 4.79 Å². The Bertz CT molecular complexity index is 593. The van der Waals surface area contributed by atoms with Gasteiger partial charge in [-0.05, 0) is 29.7 Å². The number of Topliss-reactive ketones (excluding diaryl/α,β-unsaturated/α-hetero) is 1. The quantitative estimate of drug-likeness (QED) is 0.854. The minimum absolute atomic E-state index is 0.130. The molecule has 92 valence electrons. The van der Waals surface area contributed by atoms with Crippen LogP contribution in [0.1, 0.15) is 20.8 Å². The number of benzene rings is 1. The van der Waals surface area contributed by atoms with Gasteiger partial charge in [-0.3, -0.25) is 4.79 Å². The number of carbonyl (C=O) groups is 1. The summed E-state index contributed by atoms with van der Waals surface area (Å²) >= 11 is 7.22. The van der Waals surface area contributed by atoms with E-state index in [0.717, 1.165) is 17.8 Å². The van der Waals surface area contributed by atoms with Crippen LogP contribution in [0.3, 0.4) is 0 Å². The Morgan fingerprint density at radius 1 is 1.22 bits per heavy atom. The van der Waals surface area contributed by atoms with E-state index in [2.05, 4.69) is 17.4 Å². The van der Waals surface area contributed by atoms with Crippen molar-refractivity contribution >= 4 is 28.7 Å². The molecule has 3 rings (SSSR count). The van der Waals surface area contributed by atoms with Gasteiger partial charge in [0.05, 0.1) is 15.3 Å². The van der Waals surface area contributed by atoms with Crippen molar-refractivity contribution in [3.8, 4) is 0 Å². The number of fused-ring (bicyclic) bond motifs is 1. The number of hydrogen-bond donors (Lipinski definition) is 1. The zero-order valence-corrected chi connectivity index (χ0v) is 11.2. The number of rotatable bonds is 2. The second-order valence-corrected chi connectivity index (χ2v) is 6.09. The number of halogens is 1. The van der Waals surface area contributed by atoms with E-state index < -0.39 is 0 Å². The van der Waals surface area contributed by atoms with E-state index in [9.17, 15) is 4.79 Å². The van der Waals surface area contributed by atoms with Crippen LogP contribution >= 0.6 is 22.9 Å². The van der Waals surface area contributed by atoms with E-state index in [1.165, 1.54) is 22.5 Å². The summed E-state index contributed by atoms with van der Waals surface area (Å²) in [5.74, 6) is 0.140. The molecule has 18 heavy (non-hydrogen) atoms. The van der Waals surface area contributed by atoms with E-state index in [0.29, 0.717) is 4.34 Å². The molecule has 0 spiro atoms. The summed E-state index contributed by atoms with van der Waals surface area (Å²) in [6.07, 6.45) is 0.754. The highest BCUT2D eigenvalue weighted by Crippen LogP contribution is 2.25. The zero-order valence-electron chi connectivity index (χ0n) is 9.65. The Hall–Kier alpha value is -1.16. The highest BCUT2D eigenvalue weighted by atomic mass is 35.5. The van der Waals surface area contributed by atoms with Crippen molar-refractivity contribution in [1.82, 2.24) is 5.32 Å². The third kappa shape index (κ3) is 2.21. The summed E-state index contributed by atoms with van der Waals surface area (Å²) < 4.78 is 0.662. The maximum atomic E-state index is 12.3. The van der Waals surface area contributed by atoms with Crippen LogP contribution in [-0.4, -0.2) is 11.8 Å². The first kappa shape index (κ1) is 11.9. The molecule has 1 aromatic carbocycles. The highest BCUT2D eigenvalue weighted by molar-refractivity contribution is 7.18. The topological polar surface area (TPSA) is 29.1 Å². The second kappa shape index (κ2) is 4.84.